The highest BCUT2D eigenvalue weighted by molar-refractivity contribution is 6.16. The lowest BCUT2D eigenvalue weighted by atomic mass is 9.76. The Morgan fingerprint density at radius 1 is 0.206 bits per heavy atom. The molecular formula is C96H60N6. The minimum absolute atomic E-state index is 0.599. The van der Waals surface area contributed by atoms with E-state index < -0.39 is 0 Å². The molecule has 474 valence electrons. The highest BCUT2D eigenvalue weighted by atomic mass is 15.1. The normalized spacial score (nSPS) is 11.7. The lowest BCUT2D eigenvalue weighted by Gasteiger charge is -2.26. The predicted molar refractivity (Wildman–Crippen MR) is 424 cm³/mol. The largest absolute Gasteiger partial charge is 0.309 e. The van der Waals surface area contributed by atoms with Crippen LogP contribution < -0.4 is 0 Å². The van der Waals surface area contributed by atoms with E-state index >= 15 is 0 Å². The summed E-state index contributed by atoms with van der Waals surface area (Å²) in [6.07, 6.45) is 1.96. The maximum absolute atomic E-state index is 12.0. The van der Waals surface area contributed by atoms with E-state index in [1.165, 1.54) is 54.4 Å². The number of pyridine rings is 1. The van der Waals surface area contributed by atoms with Crippen LogP contribution in [0.25, 0.3) is 188 Å². The maximum atomic E-state index is 12.0. The average molecular weight is 1300 g/mol. The summed E-state index contributed by atoms with van der Waals surface area (Å²) in [5, 5.41) is 21.5. The molecule has 5 heterocycles. The Hall–Kier alpha value is -13.9. The number of para-hydroxylation sites is 6. The third-order valence-corrected chi connectivity index (χ3v) is 20.9. The Bertz CT molecular complexity index is 6770. The highest BCUT2D eigenvalue weighted by Crippen LogP contribution is 2.54. The zero-order valence-electron chi connectivity index (χ0n) is 55.3. The van der Waals surface area contributed by atoms with Crippen molar-refractivity contribution in [3.8, 4) is 107 Å². The van der Waals surface area contributed by atoms with Gasteiger partial charge in [0, 0.05) is 77.5 Å². The molecular weight excluding hydrogens is 1240 g/mol. The molecule has 0 saturated heterocycles. The van der Waals surface area contributed by atoms with Gasteiger partial charge in [0.05, 0.1) is 49.7 Å². The van der Waals surface area contributed by atoms with E-state index in [0.717, 1.165) is 134 Å². The summed E-state index contributed by atoms with van der Waals surface area (Å²) in [5.41, 5.74) is 27.0. The second-order valence-electron chi connectivity index (χ2n) is 26.4. The Balaban J connectivity index is 0.767. The molecule has 20 rings (SSSR count). The van der Waals surface area contributed by atoms with E-state index in [-0.39, 0.29) is 0 Å². The van der Waals surface area contributed by atoms with Gasteiger partial charge in [0.2, 0.25) is 0 Å². The molecule has 0 aliphatic carbocycles. The van der Waals surface area contributed by atoms with Gasteiger partial charge in [0.1, 0.15) is 11.9 Å². The lowest BCUT2D eigenvalue weighted by molar-refractivity contribution is 1.08. The summed E-state index contributed by atoms with van der Waals surface area (Å²) >= 11 is 0. The summed E-state index contributed by atoms with van der Waals surface area (Å²) in [6, 6.07) is 132. The zero-order valence-corrected chi connectivity index (χ0v) is 55.3. The molecule has 0 amide bonds. The first-order valence-corrected chi connectivity index (χ1v) is 34.7. The van der Waals surface area contributed by atoms with Gasteiger partial charge in [-0.15, -0.1) is 0 Å². The third-order valence-electron chi connectivity index (χ3n) is 20.9. The van der Waals surface area contributed by atoms with E-state index in [2.05, 4.69) is 376 Å². The van der Waals surface area contributed by atoms with Gasteiger partial charge in [0.15, 0.2) is 0 Å². The molecule has 0 saturated carbocycles. The van der Waals surface area contributed by atoms with Gasteiger partial charge in [-0.3, -0.25) is 4.57 Å². The Labute approximate surface area is 588 Å². The fourth-order valence-corrected chi connectivity index (χ4v) is 16.4. The minimum Gasteiger partial charge on any atom is -0.309 e. The van der Waals surface area contributed by atoms with Gasteiger partial charge in [-0.05, 0) is 188 Å². The first-order valence-electron chi connectivity index (χ1n) is 34.7. The van der Waals surface area contributed by atoms with Crippen LogP contribution in [0.4, 0.5) is 0 Å². The molecule has 0 atom stereocenters. The fraction of sp³-hybridized carbons (Fsp3) is 0. The molecule has 0 bridgehead atoms. The second kappa shape index (κ2) is 23.7. The molecule has 6 nitrogen and oxygen atoms in total. The van der Waals surface area contributed by atoms with Gasteiger partial charge in [-0.1, -0.05) is 237 Å². The first-order chi connectivity index (χ1) is 50.6. The van der Waals surface area contributed by atoms with Crippen molar-refractivity contribution >= 4 is 87.2 Å². The number of hydrogen-bond donors (Lipinski definition) is 0. The van der Waals surface area contributed by atoms with E-state index in [1.54, 1.807) is 0 Å². The molecule has 0 spiro atoms. The standard InChI is InChI=1S/C96H60N6/c97-61-82-92(62-24-6-1-7-25-62)94(64-28-10-3-11-29-64)96(70-54-55-98-91(60-70)102-86-41-23-19-37-77(86)81-59-69(47-53-90(81)102)68-45-51-88-79(57-68)75-35-17-21-39-84(75)100(88)72-32-14-5-15-33-72)95(93(82)63-26-8-2-9-27-63)65-42-48-73(49-43-65)101-85-40-22-18-36-76(85)80-58-67(46-52-89(80)101)66-44-50-87-78(56-66)74-34-16-20-38-83(74)99(87)71-30-12-4-13-31-71/h1-60H. The topological polar surface area (TPSA) is 56.4 Å². The van der Waals surface area contributed by atoms with Crippen molar-refractivity contribution in [2.45, 2.75) is 0 Å². The number of nitriles is 1. The predicted octanol–water partition coefficient (Wildman–Crippen LogP) is 25.0. The van der Waals surface area contributed by atoms with E-state index in [9.17, 15) is 5.26 Å². The lowest BCUT2D eigenvalue weighted by Crippen LogP contribution is -2.04. The van der Waals surface area contributed by atoms with Crippen LogP contribution in [0.15, 0.2) is 364 Å². The van der Waals surface area contributed by atoms with Gasteiger partial charge in [-0.25, -0.2) is 4.98 Å². The number of aromatic nitrogens is 5. The van der Waals surface area contributed by atoms with Crippen molar-refractivity contribution in [2.75, 3.05) is 0 Å². The Kier molecular flexibility index (Phi) is 13.6. The molecule has 0 aliphatic rings. The minimum atomic E-state index is 0.599. The number of nitrogens with zero attached hydrogens (tertiary/aromatic N) is 6. The monoisotopic (exact) mass is 1300 g/mol. The van der Waals surface area contributed by atoms with Crippen LogP contribution in [0, 0.1) is 11.3 Å². The average Bonchev–Trinajstić information content (AvgIpc) is 1.22. The summed E-state index contributed by atoms with van der Waals surface area (Å²) in [7, 11) is 0. The number of benzene rings is 15. The molecule has 0 fully saturated rings. The zero-order chi connectivity index (χ0) is 67.4. The van der Waals surface area contributed by atoms with Crippen LogP contribution in [0.2, 0.25) is 0 Å². The van der Waals surface area contributed by atoms with Gasteiger partial charge >= 0.3 is 0 Å². The molecule has 0 N–H and O–H groups in total. The summed E-state index contributed by atoms with van der Waals surface area (Å²) in [6.45, 7) is 0. The van der Waals surface area contributed by atoms with E-state index in [0.29, 0.717) is 5.56 Å². The summed E-state index contributed by atoms with van der Waals surface area (Å²) < 4.78 is 9.46. The van der Waals surface area contributed by atoms with Crippen LogP contribution in [-0.2, 0) is 0 Å². The van der Waals surface area contributed by atoms with Gasteiger partial charge < -0.3 is 13.7 Å². The number of hydrogen-bond acceptors (Lipinski definition) is 2. The summed E-state index contributed by atoms with van der Waals surface area (Å²) in [5.74, 6) is 0.777. The van der Waals surface area contributed by atoms with Crippen molar-refractivity contribution in [2.24, 2.45) is 0 Å². The summed E-state index contributed by atoms with van der Waals surface area (Å²) in [4.78, 5) is 5.33. The fourth-order valence-electron chi connectivity index (χ4n) is 16.4. The van der Waals surface area contributed by atoms with Crippen molar-refractivity contribution in [1.82, 2.24) is 23.3 Å². The van der Waals surface area contributed by atoms with Crippen LogP contribution in [-0.4, -0.2) is 23.3 Å². The molecule has 0 aliphatic heterocycles. The molecule has 6 heteroatoms. The van der Waals surface area contributed by atoms with Crippen molar-refractivity contribution in [3.63, 3.8) is 0 Å². The quantitative estimate of drug-likeness (QED) is 0.130. The Morgan fingerprint density at radius 3 is 0.853 bits per heavy atom. The van der Waals surface area contributed by atoms with E-state index in [4.69, 9.17) is 4.98 Å². The van der Waals surface area contributed by atoms with Crippen molar-refractivity contribution in [1.29, 1.82) is 5.26 Å². The van der Waals surface area contributed by atoms with E-state index in [1.807, 2.05) is 12.3 Å². The molecule has 0 radical (unpaired) electrons. The van der Waals surface area contributed by atoms with Crippen LogP contribution >= 0.6 is 0 Å². The highest BCUT2D eigenvalue weighted by Gasteiger charge is 2.30. The molecule has 15 aromatic carbocycles. The molecule has 0 unspecified atom stereocenters. The van der Waals surface area contributed by atoms with Gasteiger partial charge in [0.25, 0.3) is 0 Å². The van der Waals surface area contributed by atoms with Crippen molar-refractivity contribution < 1.29 is 0 Å². The molecule has 20 aromatic rings. The van der Waals surface area contributed by atoms with Gasteiger partial charge in [-0.2, -0.15) is 5.26 Å². The molecule has 102 heavy (non-hydrogen) atoms. The van der Waals surface area contributed by atoms with Crippen molar-refractivity contribution in [3.05, 3.63) is 370 Å². The van der Waals surface area contributed by atoms with Crippen LogP contribution in [0.3, 0.4) is 0 Å². The SMILES string of the molecule is N#Cc1c(-c2ccccc2)c(-c2ccccc2)c(-c2ccnc(-n3c4ccccc4c4cc(-c5ccc6c(c5)c5ccccc5n6-c5ccccc5)ccc43)c2)c(-c2ccc(-n3c4ccccc4c4cc(-c5ccc6c(c5)c5ccccc5n6-c5ccccc5)ccc43)cc2)c1-c1ccccc1. The number of rotatable bonds is 11. The Morgan fingerprint density at radius 2 is 0.480 bits per heavy atom. The first kappa shape index (κ1) is 58.3. The second-order valence-corrected chi connectivity index (χ2v) is 26.4. The smallest absolute Gasteiger partial charge is 0.138 e. The molecule has 5 aromatic heterocycles. The maximum Gasteiger partial charge on any atom is 0.138 e. The third kappa shape index (κ3) is 9.23. The van der Waals surface area contributed by atoms with Crippen LogP contribution in [0.1, 0.15) is 5.56 Å². The number of fused-ring (bicyclic) bond motifs is 12. The van der Waals surface area contributed by atoms with Crippen LogP contribution in [0.5, 0.6) is 0 Å².